The summed E-state index contributed by atoms with van der Waals surface area (Å²) in [6.45, 7) is 0. The van der Waals surface area contributed by atoms with E-state index in [0.29, 0.717) is 15.6 Å². The van der Waals surface area contributed by atoms with E-state index in [1.54, 1.807) is 18.2 Å². The number of aromatic nitrogens is 1. The second-order valence-corrected chi connectivity index (χ2v) is 6.09. The molecule has 0 fully saturated rings. The lowest BCUT2D eigenvalue weighted by molar-refractivity contribution is 0.102. The number of anilines is 1. The van der Waals surface area contributed by atoms with E-state index in [1.807, 2.05) is 36.4 Å². The van der Waals surface area contributed by atoms with Gasteiger partial charge in [-0.1, -0.05) is 59.6 Å². The van der Waals surface area contributed by atoms with Crippen LogP contribution in [0.5, 0.6) is 0 Å². The Morgan fingerprint density at radius 3 is 2.59 bits per heavy atom. The molecule has 3 rings (SSSR count). The first-order valence-electron chi connectivity index (χ1n) is 6.42. The van der Waals surface area contributed by atoms with Gasteiger partial charge in [0.05, 0.1) is 21.3 Å². The number of amides is 1. The summed E-state index contributed by atoms with van der Waals surface area (Å²) < 4.78 is 4.34. The molecule has 0 unspecified atom stereocenters. The average molecular weight is 349 g/mol. The Morgan fingerprint density at radius 2 is 1.82 bits per heavy atom. The molecular weight excluding hydrogens is 339 g/mol. The fraction of sp³-hybridized carbons (Fsp3) is 0. The second kappa shape index (κ2) is 6.48. The quantitative estimate of drug-likeness (QED) is 0.691. The highest BCUT2D eigenvalue weighted by molar-refractivity contribution is 7.10. The molecule has 0 aliphatic carbocycles. The molecular formula is C16H10Cl2N2OS. The molecule has 0 saturated carbocycles. The zero-order valence-electron chi connectivity index (χ0n) is 11.2. The van der Waals surface area contributed by atoms with Crippen molar-refractivity contribution >= 4 is 45.6 Å². The van der Waals surface area contributed by atoms with Gasteiger partial charge in [0.25, 0.3) is 5.91 Å². The van der Waals surface area contributed by atoms with Gasteiger partial charge < -0.3 is 5.32 Å². The normalized spacial score (nSPS) is 10.5. The zero-order valence-corrected chi connectivity index (χ0v) is 13.5. The predicted octanol–water partition coefficient (Wildman–Crippen LogP) is 5.37. The molecule has 22 heavy (non-hydrogen) atoms. The van der Waals surface area contributed by atoms with E-state index in [1.165, 1.54) is 11.5 Å². The fourth-order valence-electron chi connectivity index (χ4n) is 1.94. The van der Waals surface area contributed by atoms with Crippen molar-refractivity contribution in [3.8, 4) is 11.3 Å². The summed E-state index contributed by atoms with van der Waals surface area (Å²) in [5, 5.41) is 4.04. The fourth-order valence-corrected chi connectivity index (χ4v) is 2.98. The van der Waals surface area contributed by atoms with Crippen LogP contribution in [0.15, 0.2) is 54.6 Å². The van der Waals surface area contributed by atoms with Crippen LogP contribution in [0.3, 0.4) is 0 Å². The van der Waals surface area contributed by atoms with Gasteiger partial charge >= 0.3 is 0 Å². The summed E-state index contributed by atoms with van der Waals surface area (Å²) in [6.07, 6.45) is 0. The van der Waals surface area contributed by atoms with E-state index in [-0.39, 0.29) is 10.9 Å². The summed E-state index contributed by atoms with van der Waals surface area (Å²) >= 11 is 13.2. The highest BCUT2D eigenvalue weighted by Gasteiger charge is 2.14. The van der Waals surface area contributed by atoms with E-state index < -0.39 is 0 Å². The van der Waals surface area contributed by atoms with Crippen molar-refractivity contribution in [3.05, 3.63) is 70.2 Å². The van der Waals surface area contributed by atoms with Crippen LogP contribution in [-0.4, -0.2) is 10.3 Å². The summed E-state index contributed by atoms with van der Waals surface area (Å²) in [4.78, 5) is 12.3. The highest BCUT2D eigenvalue weighted by atomic mass is 35.5. The standard InChI is InChI=1S/C16H10Cl2N2OS/c17-12-8-4-7-11(15(12)18)16(21)19-14-9-13(20-22-14)10-5-2-1-3-6-10/h1-9H,(H,19,21). The molecule has 1 aromatic heterocycles. The maximum atomic E-state index is 12.3. The number of nitrogens with one attached hydrogen (secondary N) is 1. The van der Waals surface area contributed by atoms with E-state index in [9.17, 15) is 4.79 Å². The molecule has 3 nitrogen and oxygen atoms in total. The van der Waals surface area contributed by atoms with Crippen LogP contribution in [0.25, 0.3) is 11.3 Å². The maximum Gasteiger partial charge on any atom is 0.257 e. The number of benzene rings is 2. The molecule has 1 N–H and O–H groups in total. The SMILES string of the molecule is O=C(Nc1cc(-c2ccccc2)ns1)c1cccc(Cl)c1Cl. The smallest absolute Gasteiger partial charge is 0.257 e. The minimum atomic E-state index is -0.309. The lowest BCUT2D eigenvalue weighted by Gasteiger charge is -2.05. The maximum absolute atomic E-state index is 12.3. The van der Waals surface area contributed by atoms with Crippen LogP contribution in [0.4, 0.5) is 5.00 Å². The Kier molecular flexibility index (Phi) is 4.43. The first-order valence-corrected chi connectivity index (χ1v) is 7.95. The molecule has 0 aliphatic rings. The Hall–Kier alpha value is -1.88. The number of halogens is 2. The van der Waals surface area contributed by atoms with Gasteiger partial charge in [0.1, 0.15) is 5.00 Å². The number of rotatable bonds is 3. The lowest BCUT2D eigenvalue weighted by Crippen LogP contribution is -2.11. The second-order valence-electron chi connectivity index (χ2n) is 4.50. The van der Waals surface area contributed by atoms with E-state index in [0.717, 1.165) is 11.3 Å². The number of hydrogen-bond donors (Lipinski definition) is 1. The van der Waals surface area contributed by atoms with Gasteiger partial charge in [0.2, 0.25) is 0 Å². The monoisotopic (exact) mass is 348 g/mol. The Bertz CT molecular complexity index is 818. The first-order chi connectivity index (χ1) is 10.6. The van der Waals surface area contributed by atoms with Gasteiger partial charge in [-0.15, -0.1) is 0 Å². The van der Waals surface area contributed by atoms with Crippen LogP contribution in [-0.2, 0) is 0 Å². The zero-order chi connectivity index (χ0) is 15.5. The molecule has 0 saturated heterocycles. The molecule has 1 amide bonds. The third kappa shape index (κ3) is 3.14. The lowest BCUT2D eigenvalue weighted by atomic mass is 10.1. The number of hydrogen-bond acceptors (Lipinski definition) is 3. The van der Waals surface area contributed by atoms with Crippen molar-refractivity contribution in [2.75, 3.05) is 5.32 Å². The first kappa shape index (κ1) is 15.0. The van der Waals surface area contributed by atoms with Gasteiger partial charge in [0.15, 0.2) is 0 Å². The summed E-state index contributed by atoms with van der Waals surface area (Å²) in [5.41, 5.74) is 2.15. The third-order valence-corrected chi connectivity index (χ3v) is 4.54. The van der Waals surface area contributed by atoms with Crippen LogP contribution in [0.2, 0.25) is 10.0 Å². The van der Waals surface area contributed by atoms with Crippen molar-refractivity contribution in [3.63, 3.8) is 0 Å². The molecule has 1 heterocycles. The van der Waals surface area contributed by atoms with Crippen molar-refractivity contribution in [1.29, 1.82) is 0 Å². The summed E-state index contributed by atoms with van der Waals surface area (Å²) in [5.74, 6) is -0.309. The predicted molar refractivity (Wildman–Crippen MR) is 92.0 cm³/mol. The van der Waals surface area contributed by atoms with Crippen molar-refractivity contribution in [2.45, 2.75) is 0 Å². The molecule has 110 valence electrons. The molecule has 0 spiro atoms. The van der Waals surface area contributed by atoms with Gasteiger partial charge in [0, 0.05) is 11.6 Å². The molecule has 2 aromatic carbocycles. The Balaban J connectivity index is 1.81. The molecule has 3 aromatic rings. The van der Waals surface area contributed by atoms with Gasteiger partial charge in [-0.05, 0) is 23.7 Å². The van der Waals surface area contributed by atoms with Crippen molar-refractivity contribution in [2.24, 2.45) is 0 Å². The minimum absolute atomic E-state index is 0.245. The van der Waals surface area contributed by atoms with E-state index in [4.69, 9.17) is 23.2 Å². The topological polar surface area (TPSA) is 42.0 Å². The van der Waals surface area contributed by atoms with Crippen LogP contribution < -0.4 is 5.32 Å². The van der Waals surface area contributed by atoms with Gasteiger partial charge in [-0.2, -0.15) is 4.37 Å². The third-order valence-electron chi connectivity index (χ3n) is 3.01. The van der Waals surface area contributed by atoms with Crippen molar-refractivity contribution < 1.29 is 4.79 Å². The number of carbonyl (C=O) groups excluding carboxylic acids is 1. The van der Waals surface area contributed by atoms with Crippen LogP contribution in [0, 0.1) is 0 Å². The number of carbonyl (C=O) groups is 1. The Morgan fingerprint density at radius 1 is 1.05 bits per heavy atom. The Labute approximate surface area is 141 Å². The van der Waals surface area contributed by atoms with Gasteiger partial charge in [-0.25, -0.2) is 0 Å². The largest absolute Gasteiger partial charge is 0.312 e. The molecule has 0 atom stereocenters. The molecule has 0 radical (unpaired) electrons. The minimum Gasteiger partial charge on any atom is -0.312 e. The number of nitrogens with zero attached hydrogens (tertiary/aromatic N) is 1. The van der Waals surface area contributed by atoms with Crippen LogP contribution in [0.1, 0.15) is 10.4 Å². The molecule has 0 bridgehead atoms. The van der Waals surface area contributed by atoms with E-state index >= 15 is 0 Å². The van der Waals surface area contributed by atoms with Crippen LogP contribution >= 0.6 is 34.7 Å². The van der Waals surface area contributed by atoms with E-state index in [2.05, 4.69) is 9.69 Å². The molecule has 0 aliphatic heterocycles. The van der Waals surface area contributed by atoms with Gasteiger partial charge in [-0.3, -0.25) is 4.79 Å². The highest BCUT2D eigenvalue weighted by Crippen LogP contribution is 2.28. The molecule has 6 heteroatoms. The summed E-state index contributed by atoms with van der Waals surface area (Å²) in [6, 6.07) is 16.5. The summed E-state index contributed by atoms with van der Waals surface area (Å²) in [7, 11) is 0. The van der Waals surface area contributed by atoms with Crippen molar-refractivity contribution in [1.82, 2.24) is 4.37 Å². The average Bonchev–Trinajstić information content (AvgIpc) is 2.99.